The van der Waals surface area contributed by atoms with E-state index in [0.29, 0.717) is 18.0 Å². The largest absolute Gasteiger partial charge is 0.334 e. The number of hydrogen-bond acceptors (Lipinski definition) is 4. The highest BCUT2D eigenvalue weighted by atomic mass is 32.2. The number of sulfonamides is 1. The Bertz CT molecular complexity index is 837. The van der Waals surface area contributed by atoms with E-state index in [1.54, 1.807) is 10.4 Å². The highest BCUT2D eigenvalue weighted by Gasteiger charge is 2.29. The molecule has 7 heteroatoms. The Morgan fingerprint density at radius 2 is 1.76 bits per heavy atom. The molecule has 0 N–H and O–H groups in total. The Morgan fingerprint density at radius 3 is 2.36 bits per heavy atom. The molecule has 1 aromatic carbocycles. The monoisotopic (exact) mass is 362 g/mol. The molecule has 0 saturated carbocycles. The molecule has 0 bridgehead atoms. The van der Waals surface area contributed by atoms with Gasteiger partial charge in [0.05, 0.1) is 4.90 Å². The highest BCUT2D eigenvalue weighted by Crippen LogP contribution is 2.22. The average Bonchev–Trinajstić information content (AvgIpc) is 2.98. The van der Waals surface area contributed by atoms with Crippen LogP contribution in [0.2, 0.25) is 0 Å². The van der Waals surface area contributed by atoms with Gasteiger partial charge in [-0.3, -0.25) is 4.90 Å². The maximum Gasteiger partial charge on any atom is 0.243 e. The standard InChI is InChI=1S/C18H26N4O2S/c1-15-4-5-18(16(2)14-15)25(23,24)22-12-9-20(10-13-22)8-11-21-7-6-19-17(21)3/h4-7,14H,8-13H2,1-3H3. The van der Waals surface area contributed by atoms with Crippen LogP contribution in [0.15, 0.2) is 35.5 Å². The van der Waals surface area contributed by atoms with Crippen molar-refractivity contribution in [1.82, 2.24) is 18.8 Å². The molecule has 0 atom stereocenters. The molecule has 2 heterocycles. The summed E-state index contributed by atoms with van der Waals surface area (Å²) in [4.78, 5) is 6.97. The van der Waals surface area contributed by atoms with E-state index >= 15 is 0 Å². The lowest BCUT2D eigenvalue weighted by atomic mass is 10.2. The number of nitrogens with zero attached hydrogens (tertiary/aromatic N) is 4. The fraction of sp³-hybridized carbons (Fsp3) is 0.500. The number of piperazine rings is 1. The Labute approximate surface area is 150 Å². The Hall–Kier alpha value is -1.70. The van der Waals surface area contributed by atoms with Gasteiger partial charge in [-0.05, 0) is 32.4 Å². The van der Waals surface area contributed by atoms with Gasteiger partial charge in [0.1, 0.15) is 5.82 Å². The van der Waals surface area contributed by atoms with Gasteiger partial charge < -0.3 is 4.57 Å². The summed E-state index contributed by atoms with van der Waals surface area (Å²) in [6, 6.07) is 5.52. The molecule has 1 fully saturated rings. The number of hydrogen-bond donors (Lipinski definition) is 0. The van der Waals surface area contributed by atoms with E-state index in [9.17, 15) is 8.42 Å². The van der Waals surface area contributed by atoms with Crippen LogP contribution < -0.4 is 0 Å². The zero-order valence-electron chi connectivity index (χ0n) is 15.1. The van der Waals surface area contributed by atoms with Crippen molar-refractivity contribution in [3.8, 4) is 0 Å². The second kappa shape index (κ2) is 7.27. The van der Waals surface area contributed by atoms with Gasteiger partial charge in [0, 0.05) is 51.7 Å². The molecule has 25 heavy (non-hydrogen) atoms. The van der Waals surface area contributed by atoms with Gasteiger partial charge in [0.25, 0.3) is 0 Å². The van der Waals surface area contributed by atoms with Crippen LogP contribution in [0, 0.1) is 20.8 Å². The molecule has 0 spiro atoms. The van der Waals surface area contributed by atoms with Crippen molar-refractivity contribution in [2.75, 3.05) is 32.7 Å². The smallest absolute Gasteiger partial charge is 0.243 e. The van der Waals surface area contributed by atoms with Crippen molar-refractivity contribution in [2.45, 2.75) is 32.2 Å². The first-order valence-corrected chi connectivity index (χ1v) is 10.1. The third-order valence-electron chi connectivity index (χ3n) is 4.86. The SMILES string of the molecule is Cc1ccc(S(=O)(=O)N2CCN(CCn3ccnc3C)CC2)c(C)c1. The van der Waals surface area contributed by atoms with E-state index in [1.807, 2.05) is 45.3 Å². The van der Waals surface area contributed by atoms with Gasteiger partial charge in [-0.2, -0.15) is 4.31 Å². The van der Waals surface area contributed by atoms with Crippen molar-refractivity contribution >= 4 is 10.0 Å². The predicted molar refractivity (Wildman–Crippen MR) is 98.1 cm³/mol. The van der Waals surface area contributed by atoms with Crippen molar-refractivity contribution in [3.63, 3.8) is 0 Å². The molecular weight excluding hydrogens is 336 g/mol. The molecular formula is C18H26N4O2S. The highest BCUT2D eigenvalue weighted by molar-refractivity contribution is 7.89. The summed E-state index contributed by atoms with van der Waals surface area (Å²) in [5, 5.41) is 0. The summed E-state index contributed by atoms with van der Waals surface area (Å²) < 4.78 is 29.6. The third kappa shape index (κ3) is 3.94. The molecule has 0 amide bonds. The van der Waals surface area contributed by atoms with E-state index in [1.165, 1.54) is 0 Å². The number of rotatable bonds is 5. The van der Waals surface area contributed by atoms with Gasteiger partial charge in [-0.25, -0.2) is 13.4 Å². The van der Waals surface area contributed by atoms with E-state index in [-0.39, 0.29) is 0 Å². The van der Waals surface area contributed by atoms with Crippen molar-refractivity contribution < 1.29 is 8.42 Å². The Balaban J connectivity index is 1.60. The molecule has 136 valence electrons. The summed E-state index contributed by atoms with van der Waals surface area (Å²) in [6.07, 6.45) is 3.79. The minimum absolute atomic E-state index is 0.431. The molecule has 1 aliphatic heterocycles. The van der Waals surface area contributed by atoms with Gasteiger partial charge >= 0.3 is 0 Å². The quantitative estimate of drug-likeness (QED) is 0.814. The molecule has 1 saturated heterocycles. The molecule has 6 nitrogen and oxygen atoms in total. The van der Waals surface area contributed by atoms with Crippen LogP contribution in [0.3, 0.4) is 0 Å². The zero-order chi connectivity index (χ0) is 18.0. The summed E-state index contributed by atoms with van der Waals surface area (Å²) in [5.74, 6) is 1.01. The van der Waals surface area contributed by atoms with Crippen LogP contribution >= 0.6 is 0 Å². The fourth-order valence-electron chi connectivity index (χ4n) is 3.31. The second-order valence-corrected chi connectivity index (χ2v) is 8.59. The minimum Gasteiger partial charge on any atom is -0.334 e. The van der Waals surface area contributed by atoms with Gasteiger partial charge in [0.2, 0.25) is 10.0 Å². The average molecular weight is 362 g/mol. The lowest BCUT2D eigenvalue weighted by Gasteiger charge is -2.34. The van der Waals surface area contributed by atoms with Crippen LogP contribution in [-0.4, -0.2) is 59.9 Å². The third-order valence-corrected chi connectivity index (χ3v) is 6.92. The zero-order valence-corrected chi connectivity index (χ0v) is 16.0. The molecule has 0 unspecified atom stereocenters. The molecule has 0 aliphatic carbocycles. The van der Waals surface area contributed by atoms with Crippen molar-refractivity contribution in [1.29, 1.82) is 0 Å². The van der Waals surface area contributed by atoms with Crippen LogP contribution in [0.25, 0.3) is 0 Å². The Morgan fingerprint density at radius 1 is 1.04 bits per heavy atom. The number of imidazole rings is 1. The Kier molecular flexibility index (Phi) is 5.27. The topological polar surface area (TPSA) is 58.4 Å². The molecule has 0 radical (unpaired) electrons. The second-order valence-electron chi connectivity index (χ2n) is 6.68. The number of aryl methyl sites for hydroxylation is 3. The number of benzene rings is 1. The van der Waals surface area contributed by atoms with Crippen molar-refractivity contribution in [2.24, 2.45) is 0 Å². The molecule has 1 aliphatic rings. The molecule has 3 rings (SSSR count). The van der Waals surface area contributed by atoms with Gasteiger partial charge in [-0.1, -0.05) is 17.7 Å². The van der Waals surface area contributed by atoms with E-state index in [0.717, 1.165) is 43.1 Å². The summed E-state index contributed by atoms with van der Waals surface area (Å²) >= 11 is 0. The first-order chi connectivity index (χ1) is 11.9. The predicted octanol–water partition coefficient (Wildman–Crippen LogP) is 1.81. The van der Waals surface area contributed by atoms with Crippen LogP contribution in [0.1, 0.15) is 17.0 Å². The molecule has 1 aromatic heterocycles. The van der Waals surface area contributed by atoms with Crippen LogP contribution in [-0.2, 0) is 16.6 Å². The first-order valence-electron chi connectivity index (χ1n) is 8.65. The van der Waals surface area contributed by atoms with Crippen molar-refractivity contribution in [3.05, 3.63) is 47.5 Å². The maximum absolute atomic E-state index is 12.9. The normalized spacial score (nSPS) is 17.1. The first kappa shape index (κ1) is 18.1. The minimum atomic E-state index is -3.41. The lowest BCUT2D eigenvalue weighted by molar-refractivity contribution is 0.182. The summed E-state index contributed by atoms with van der Waals surface area (Å²) in [5.41, 5.74) is 1.90. The summed E-state index contributed by atoms with van der Waals surface area (Å²) in [6.45, 7) is 10.2. The van der Waals surface area contributed by atoms with Gasteiger partial charge in [0.15, 0.2) is 0 Å². The van der Waals surface area contributed by atoms with Gasteiger partial charge in [-0.15, -0.1) is 0 Å². The van der Waals surface area contributed by atoms with E-state index < -0.39 is 10.0 Å². The number of aromatic nitrogens is 2. The van der Waals surface area contributed by atoms with Crippen LogP contribution in [0.5, 0.6) is 0 Å². The fourth-order valence-corrected chi connectivity index (χ4v) is 4.94. The van der Waals surface area contributed by atoms with E-state index in [4.69, 9.17) is 0 Å². The summed E-state index contributed by atoms with van der Waals surface area (Å²) in [7, 11) is -3.41. The molecule has 2 aromatic rings. The lowest BCUT2D eigenvalue weighted by Crippen LogP contribution is -2.49. The van der Waals surface area contributed by atoms with Crippen LogP contribution in [0.4, 0.5) is 0 Å². The van der Waals surface area contributed by atoms with E-state index in [2.05, 4.69) is 14.5 Å². The maximum atomic E-state index is 12.9.